The second kappa shape index (κ2) is 6.65. The maximum Gasteiger partial charge on any atom is 0.446 e. The van der Waals surface area contributed by atoms with Crippen LogP contribution >= 0.6 is 27.7 Å². The fraction of sp³-hybridized carbons (Fsp3) is 0.417. The first-order chi connectivity index (χ1) is 8.74. The van der Waals surface area contributed by atoms with E-state index in [1.54, 1.807) is 6.92 Å². The number of carbonyl (C=O) groups is 1. The molecule has 19 heavy (non-hydrogen) atoms. The van der Waals surface area contributed by atoms with Crippen molar-refractivity contribution in [3.8, 4) is 5.75 Å². The molecule has 0 saturated heterocycles. The summed E-state index contributed by atoms with van der Waals surface area (Å²) in [5, 5.41) is 0. The van der Waals surface area contributed by atoms with Crippen LogP contribution in [0, 0.1) is 0 Å². The molecule has 0 amide bonds. The molecule has 0 aliphatic rings. The molecule has 1 unspecified atom stereocenters. The number of hydrogen-bond donors (Lipinski definition) is 0. The van der Waals surface area contributed by atoms with E-state index < -0.39 is 10.3 Å². The van der Waals surface area contributed by atoms with Gasteiger partial charge in [0.1, 0.15) is 11.5 Å². The molecule has 0 heterocycles. The molecule has 0 radical (unpaired) electrons. The number of thioether (sulfide) groups is 1. The third-order valence-corrected chi connectivity index (χ3v) is 4.11. The van der Waals surface area contributed by atoms with Crippen molar-refractivity contribution in [1.29, 1.82) is 0 Å². The number of carbonyl (C=O) groups excluding carboxylic acids is 1. The summed E-state index contributed by atoms with van der Waals surface area (Å²) >= 11 is 2.87. The monoisotopic (exact) mass is 356 g/mol. The van der Waals surface area contributed by atoms with Gasteiger partial charge in [-0.2, -0.15) is 13.2 Å². The topological polar surface area (TPSA) is 26.3 Å². The van der Waals surface area contributed by atoms with Crippen LogP contribution in [-0.4, -0.2) is 17.9 Å². The Morgan fingerprint density at radius 2 is 2.11 bits per heavy atom. The SMILES string of the molecule is CCOc1ccc(SC(F)(F)F)c(C(Br)C(C)=O)c1. The average molecular weight is 357 g/mol. The van der Waals surface area contributed by atoms with E-state index >= 15 is 0 Å². The maximum atomic E-state index is 12.5. The Morgan fingerprint density at radius 1 is 1.47 bits per heavy atom. The highest BCUT2D eigenvalue weighted by Gasteiger charge is 2.32. The number of alkyl halides is 4. The van der Waals surface area contributed by atoms with E-state index in [-0.39, 0.29) is 28.0 Å². The maximum absolute atomic E-state index is 12.5. The predicted octanol–water partition coefficient (Wildman–Crippen LogP) is 4.72. The van der Waals surface area contributed by atoms with Gasteiger partial charge in [0.25, 0.3) is 0 Å². The lowest BCUT2D eigenvalue weighted by Gasteiger charge is -2.15. The Labute approximate surface area is 121 Å². The summed E-state index contributed by atoms with van der Waals surface area (Å²) in [6.07, 6.45) is 0. The van der Waals surface area contributed by atoms with E-state index in [1.807, 2.05) is 0 Å². The van der Waals surface area contributed by atoms with E-state index in [1.165, 1.54) is 25.1 Å². The lowest BCUT2D eigenvalue weighted by atomic mass is 10.1. The molecule has 0 aromatic heterocycles. The van der Waals surface area contributed by atoms with E-state index in [9.17, 15) is 18.0 Å². The molecule has 2 nitrogen and oxygen atoms in total. The second-order valence-corrected chi connectivity index (χ2v) is 5.68. The summed E-state index contributed by atoms with van der Waals surface area (Å²) in [5.41, 5.74) is -4.13. The van der Waals surface area contributed by atoms with Crippen molar-refractivity contribution in [1.82, 2.24) is 0 Å². The minimum Gasteiger partial charge on any atom is -0.494 e. The highest BCUT2D eigenvalue weighted by molar-refractivity contribution is 9.09. The van der Waals surface area contributed by atoms with Gasteiger partial charge in [0, 0.05) is 4.90 Å². The molecular weight excluding hydrogens is 345 g/mol. The smallest absolute Gasteiger partial charge is 0.446 e. The van der Waals surface area contributed by atoms with Gasteiger partial charge >= 0.3 is 5.51 Å². The number of hydrogen-bond acceptors (Lipinski definition) is 3. The minimum absolute atomic E-state index is 0.00646. The van der Waals surface area contributed by atoms with Gasteiger partial charge in [-0.1, -0.05) is 15.9 Å². The van der Waals surface area contributed by atoms with Gasteiger partial charge in [0.05, 0.1) is 11.4 Å². The molecule has 0 aliphatic heterocycles. The molecule has 7 heteroatoms. The van der Waals surface area contributed by atoms with E-state index in [0.29, 0.717) is 12.4 Å². The van der Waals surface area contributed by atoms with Crippen molar-refractivity contribution < 1.29 is 22.7 Å². The molecule has 0 aliphatic carbocycles. The van der Waals surface area contributed by atoms with Crippen LogP contribution in [0.4, 0.5) is 13.2 Å². The highest BCUT2D eigenvalue weighted by atomic mass is 79.9. The van der Waals surface area contributed by atoms with Gasteiger partial charge in [0.2, 0.25) is 0 Å². The standard InChI is InChI=1S/C12H12BrF3O2S/c1-3-18-8-4-5-10(19-12(14,15)16)9(6-8)11(13)7(2)17/h4-6,11H,3H2,1-2H3. The number of ether oxygens (including phenoxy) is 1. The summed E-state index contributed by atoms with van der Waals surface area (Å²) in [6, 6.07) is 4.23. The Bertz CT molecular complexity index is 463. The molecule has 0 N–H and O–H groups in total. The number of benzene rings is 1. The summed E-state index contributed by atoms with van der Waals surface area (Å²) in [7, 11) is 0. The van der Waals surface area contributed by atoms with Crippen LogP contribution < -0.4 is 4.74 Å². The number of rotatable bonds is 5. The van der Waals surface area contributed by atoms with Gasteiger partial charge in [-0.25, -0.2) is 0 Å². The summed E-state index contributed by atoms with van der Waals surface area (Å²) in [6.45, 7) is 3.49. The molecule has 1 rings (SSSR count). The first-order valence-electron chi connectivity index (χ1n) is 5.41. The predicted molar refractivity (Wildman–Crippen MR) is 71.9 cm³/mol. The van der Waals surface area contributed by atoms with Crippen LogP contribution in [0.2, 0.25) is 0 Å². The van der Waals surface area contributed by atoms with E-state index in [2.05, 4.69) is 15.9 Å². The fourth-order valence-electron chi connectivity index (χ4n) is 1.42. The first-order valence-corrected chi connectivity index (χ1v) is 7.14. The van der Waals surface area contributed by atoms with Gasteiger partial charge < -0.3 is 4.74 Å². The van der Waals surface area contributed by atoms with Crippen molar-refractivity contribution in [2.75, 3.05) is 6.61 Å². The van der Waals surface area contributed by atoms with Crippen LogP contribution in [0.15, 0.2) is 23.1 Å². The molecule has 106 valence electrons. The Balaban J connectivity index is 3.18. The third kappa shape index (κ3) is 5.06. The Hall–Kier alpha value is -0.690. The third-order valence-electron chi connectivity index (χ3n) is 2.15. The number of halogens is 4. The zero-order valence-corrected chi connectivity index (χ0v) is 12.7. The number of ketones is 1. The molecule has 1 atom stereocenters. The number of Topliss-reactive ketones (excluding diaryl/α,β-unsaturated/α-hetero) is 1. The van der Waals surface area contributed by atoms with Crippen molar-refractivity contribution >= 4 is 33.5 Å². The lowest BCUT2D eigenvalue weighted by molar-refractivity contribution is -0.116. The molecule has 0 spiro atoms. The van der Waals surface area contributed by atoms with Gasteiger partial charge in [0.15, 0.2) is 0 Å². The Kier molecular flexibility index (Phi) is 5.73. The van der Waals surface area contributed by atoms with Crippen LogP contribution in [0.25, 0.3) is 0 Å². The average Bonchev–Trinajstić information content (AvgIpc) is 2.28. The highest BCUT2D eigenvalue weighted by Crippen LogP contribution is 2.43. The summed E-state index contributed by atoms with van der Waals surface area (Å²) in [5.74, 6) is 0.174. The first kappa shape index (κ1) is 16.4. The van der Waals surface area contributed by atoms with Crippen molar-refractivity contribution in [2.24, 2.45) is 0 Å². The summed E-state index contributed by atoms with van der Waals surface area (Å²) in [4.78, 5) is 10.6. The molecule has 0 bridgehead atoms. The van der Waals surface area contributed by atoms with E-state index in [4.69, 9.17) is 4.74 Å². The normalized spacial score (nSPS) is 13.2. The van der Waals surface area contributed by atoms with Gasteiger partial charge in [-0.3, -0.25) is 4.79 Å². The van der Waals surface area contributed by atoms with Crippen LogP contribution in [0.3, 0.4) is 0 Å². The molecule has 1 aromatic carbocycles. The molecule has 0 fully saturated rings. The summed E-state index contributed by atoms with van der Waals surface area (Å²) < 4.78 is 42.6. The largest absolute Gasteiger partial charge is 0.494 e. The zero-order valence-electron chi connectivity index (χ0n) is 10.3. The second-order valence-electron chi connectivity index (χ2n) is 3.65. The molecular formula is C12H12BrF3O2S. The van der Waals surface area contributed by atoms with Crippen LogP contribution in [0.5, 0.6) is 5.75 Å². The van der Waals surface area contributed by atoms with Crippen LogP contribution in [0.1, 0.15) is 24.2 Å². The fourth-order valence-corrected chi connectivity index (χ4v) is 2.63. The van der Waals surface area contributed by atoms with Gasteiger partial charge in [-0.15, -0.1) is 0 Å². The van der Waals surface area contributed by atoms with Crippen LogP contribution in [-0.2, 0) is 4.79 Å². The lowest BCUT2D eigenvalue weighted by Crippen LogP contribution is -2.06. The minimum atomic E-state index is -4.40. The Morgan fingerprint density at radius 3 is 2.58 bits per heavy atom. The van der Waals surface area contributed by atoms with Crippen molar-refractivity contribution in [2.45, 2.75) is 29.1 Å². The molecule has 0 saturated carbocycles. The molecule has 1 aromatic rings. The van der Waals surface area contributed by atoms with Crippen molar-refractivity contribution in [3.05, 3.63) is 23.8 Å². The zero-order chi connectivity index (χ0) is 14.6. The van der Waals surface area contributed by atoms with Gasteiger partial charge in [-0.05, 0) is 49.4 Å². The quantitative estimate of drug-likeness (QED) is 0.563. The van der Waals surface area contributed by atoms with E-state index in [0.717, 1.165) is 0 Å². The van der Waals surface area contributed by atoms with Crippen molar-refractivity contribution in [3.63, 3.8) is 0 Å².